The van der Waals surface area contributed by atoms with E-state index in [1.165, 1.54) is 16.5 Å². The number of fused-ring (bicyclic) bond motifs is 1. The number of carbonyl (C=O) groups is 1. The first-order chi connectivity index (χ1) is 15.0. The van der Waals surface area contributed by atoms with Crippen molar-refractivity contribution in [2.75, 3.05) is 57.3 Å². The fourth-order valence-electron chi connectivity index (χ4n) is 5.52. The van der Waals surface area contributed by atoms with E-state index in [0.29, 0.717) is 31.3 Å². The third-order valence-corrected chi connectivity index (χ3v) is 9.15. The molecule has 5 rings (SSSR count). The molecule has 0 unspecified atom stereocenters. The second-order valence-corrected chi connectivity index (χ2v) is 11.5. The maximum atomic E-state index is 12.8. The Kier molecular flexibility index (Phi) is 5.79. The van der Waals surface area contributed by atoms with Crippen molar-refractivity contribution in [3.63, 3.8) is 0 Å². The molecular weight excluding hydrogens is 412 g/mol. The number of piperidine rings is 1. The van der Waals surface area contributed by atoms with Gasteiger partial charge in [-0.1, -0.05) is 18.2 Å². The fourth-order valence-corrected chi connectivity index (χ4v) is 7.29. The number of sulfone groups is 1. The monoisotopic (exact) mass is 444 g/mol. The summed E-state index contributed by atoms with van der Waals surface area (Å²) < 4.78 is 23.5. The van der Waals surface area contributed by atoms with Crippen LogP contribution in [0.4, 0.5) is 0 Å². The molecule has 7 nitrogen and oxygen atoms in total. The van der Waals surface area contributed by atoms with Crippen molar-refractivity contribution in [1.29, 1.82) is 0 Å². The molecule has 3 aliphatic heterocycles. The van der Waals surface area contributed by atoms with Gasteiger partial charge in [0.05, 0.1) is 18.1 Å². The molecule has 1 amide bonds. The van der Waals surface area contributed by atoms with E-state index < -0.39 is 9.84 Å². The van der Waals surface area contributed by atoms with Gasteiger partial charge in [0.25, 0.3) is 0 Å². The number of rotatable bonds is 4. The Labute approximate surface area is 184 Å². The highest BCUT2D eigenvalue weighted by Gasteiger charge is 2.34. The molecule has 0 radical (unpaired) electrons. The summed E-state index contributed by atoms with van der Waals surface area (Å²) in [6, 6.07) is 8.62. The van der Waals surface area contributed by atoms with Crippen molar-refractivity contribution in [2.45, 2.75) is 31.2 Å². The molecule has 3 fully saturated rings. The van der Waals surface area contributed by atoms with E-state index in [0.717, 1.165) is 45.4 Å². The van der Waals surface area contributed by atoms with Crippen molar-refractivity contribution >= 4 is 26.6 Å². The van der Waals surface area contributed by atoms with Gasteiger partial charge >= 0.3 is 0 Å². The molecule has 0 saturated carbocycles. The van der Waals surface area contributed by atoms with E-state index in [1.54, 1.807) is 0 Å². The zero-order valence-corrected chi connectivity index (χ0v) is 18.8. The van der Waals surface area contributed by atoms with Crippen LogP contribution in [0, 0.1) is 0 Å². The number of aromatic amines is 1. The number of hydrogen-bond acceptors (Lipinski definition) is 5. The third-order valence-electron chi connectivity index (χ3n) is 7.40. The van der Waals surface area contributed by atoms with Gasteiger partial charge in [0.2, 0.25) is 5.91 Å². The molecule has 168 valence electrons. The number of carbonyl (C=O) groups excluding carboxylic acids is 1. The van der Waals surface area contributed by atoms with Crippen LogP contribution in [-0.2, 0) is 14.6 Å². The first kappa shape index (κ1) is 21.0. The van der Waals surface area contributed by atoms with Gasteiger partial charge in [-0.05, 0) is 49.9 Å². The lowest BCUT2D eigenvalue weighted by atomic mass is 9.89. The minimum atomic E-state index is -2.86. The standard InChI is InChI=1S/C23H32N4O3S/c28-23(27-12-10-26(11-13-27)19-7-14-31(29,30)17-19)16-25-8-5-18(6-9-25)21-15-24-22-4-2-1-3-20(21)22/h1-4,15,18-19,24H,5-14,16-17H2/t19-/m0/s1. The van der Waals surface area contributed by atoms with Crippen molar-refractivity contribution in [3.8, 4) is 0 Å². The highest BCUT2D eigenvalue weighted by Crippen LogP contribution is 2.33. The molecule has 4 heterocycles. The third kappa shape index (κ3) is 4.52. The van der Waals surface area contributed by atoms with Crippen LogP contribution in [0.15, 0.2) is 30.5 Å². The van der Waals surface area contributed by atoms with Crippen molar-refractivity contribution in [1.82, 2.24) is 19.7 Å². The number of hydrogen-bond donors (Lipinski definition) is 1. The maximum Gasteiger partial charge on any atom is 0.236 e. The van der Waals surface area contributed by atoms with Crippen LogP contribution < -0.4 is 0 Å². The molecule has 0 spiro atoms. The molecule has 31 heavy (non-hydrogen) atoms. The van der Waals surface area contributed by atoms with Gasteiger partial charge in [0.1, 0.15) is 0 Å². The Balaban J connectivity index is 1.09. The Hall–Kier alpha value is -1.90. The average Bonchev–Trinajstić information content (AvgIpc) is 3.37. The molecule has 2 aromatic rings. The number of benzene rings is 1. The minimum Gasteiger partial charge on any atom is -0.361 e. The number of amides is 1. The van der Waals surface area contributed by atoms with E-state index in [1.807, 2.05) is 4.90 Å². The summed E-state index contributed by atoms with van der Waals surface area (Å²) in [6.07, 6.45) is 5.06. The molecule has 1 atom stereocenters. The molecule has 3 saturated heterocycles. The minimum absolute atomic E-state index is 0.144. The largest absolute Gasteiger partial charge is 0.361 e. The first-order valence-corrected chi connectivity index (χ1v) is 13.3. The quantitative estimate of drug-likeness (QED) is 0.777. The van der Waals surface area contributed by atoms with Crippen molar-refractivity contribution < 1.29 is 13.2 Å². The number of nitrogens with zero attached hydrogens (tertiary/aromatic N) is 3. The topological polar surface area (TPSA) is 76.7 Å². The van der Waals surface area contributed by atoms with Crippen LogP contribution in [0.5, 0.6) is 0 Å². The molecule has 1 aromatic carbocycles. The number of H-pyrrole nitrogens is 1. The zero-order valence-electron chi connectivity index (χ0n) is 18.0. The summed E-state index contributed by atoms with van der Waals surface area (Å²) in [5, 5.41) is 1.32. The van der Waals surface area contributed by atoms with Crippen LogP contribution in [-0.4, -0.2) is 97.4 Å². The number of piperazine rings is 1. The lowest BCUT2D eigenvalue weighted by Crippen LogP contribution is -2.54. The summed E-state index contributed by atoms with van der Waals surface area (Å²) in [6.45, 7) is 5.40. The summed E-state index contributed by atoms with van der Waals surface area (Å²) in [5.74, 6) is 1.36. The molecular formula is C23H32N4O3S. The molecule has 0 bridgehead atoms. The van der Waals surface area contributed by atoms with Crippen molar-refractivity contribution in [3.05, 3.63) is 36.0 Å². The highest BCUT2D eigenvalue weighted by atomic mass is 32.2. The molecule has 3 aliphatic rings. The lowest BCUT2D eigenvalue weighted by molar-refractivity contribution is -0.134. The number of aromatic nitrogens is 1. The Bertz CT molecular complexity index is 1030. The van der Waals surface area contributed by atoms with Gasteiger partial charge < -0.3 is 9.88 Å². The van der Waals surface area contributed by atoms with Gasteiger partial charge in [-0.3, -0.25) is 14.6 Å². The Morgan fingerprint density at radius 3 is 2.45 bits per heavy atom. The Morgan fingerprint density at radius 2 is 1.74 bits per heavy atom. The zero-order chi connectivity index (χ0) is 21.4. The smallest absolute Gasteiger partial charge is 0.236 e. The van der Waals surface area contributed by atoms with E-state index >= 15 is 0 Å². The van der Waals surface area contributed by atoms with Gasteiger partial charge in [-0.15, -0.1) is 0 Å². The van der Waals surface area contributed by atoms with Gasteiger partial charge in [-0.2, -0.15) is 0 Å². The highest BCUT2D eigenvalue weighted by molar-refractivity contribution is 7.91. The van der Waals surface area contributed by atoms with E-state index in [4.69, 9.17) is 0 Å². The Morgan fingerprint density at radius 1 is 1.00 bits per heavy atom. The first-order valence-electron chi connectivity index (χ1n) is 11.5. The second kappa shape index (κ2) is 8.56. The number of nitrogens with one attached hydrogen (secondary N) is 1. The van der Waals surface area contributed by atoms with E-state index in [9.17, 15) is 13.2 Å². The van der Waals surface area contributed by atoms with E-state index in [2.05, 4.69) is 45.2 Å². The van der Waals surface area contributed by atoms with Gasteiger partial charge in [0, 0.05) is 49.3 Å². The molecule has 0 aliphatic carbocycles. The SMILES string of the molecule is O=C(CN1CCC(c2c[nH]c3ccccc23)CC1)N1CCN([C@H]2CCS(=O)(=O)C2)CC1. The molecule has 8 heteroatoms. The summed E-state index contributed by atoms with van der Waals surface area (Å²) >= 11 is 0. The normalized spacial score (nSPS) is 25.9. The van der Waals surface area contributed by atoms with Crippen LogP contribution in [0.3, 0.4) is 0 Å². The van der Waals surface area contributed by atoms with Gasteiger partial charge in [-0.25, -0.2) is 8.42 Å². The maximum absolute atomic E-state index is 12.8. The number of likely N-dealkylation sites (tertiary alicyclic amines) is 1. The summed E-state index contributed by atoms with van der Waals surface area (Å²) in [5.41, 5.74) is 2.61. The number of para-hydroxylation sites is 1. The van der Waals surface area contributed by atoms with Crippen LogP contribution in [0.2, 0.25) is 0 Å². The molecule has 1 N–H and O–H groups in total. The average molecular weight is 445 g/mol. The van der Waals surface area contributed by atoms with Crippen molar-refractivity contribution in [2.24, 2.45) is 0 Å². The predicted molar refractivity (Wildman–Crippen MR) is 122 cm³/mol. The fraction of sp³-hybridized carbons (Fsp3) is 0.609. The predicted octanol–water partition coefficient (Wildman–Crippen LogP) is 1.68. The van der Waals surface area contributed by atoms with Crippen LogP contribution in [0.1, 0.15) is 30.7 Å². The van der Waals surface area contributed by atoms with Crippen LogP contribution >= 0.6 is 0 Å². The van der Waals surface area contributed by atoms with E-state index in [-0.39, 0.29) is 17.7 Å². The summed E-state index contributed by atoms with van der Waals surface area (Å²) in [4.78, 5) is 22.8. The lowest BCUT2D eigenvalue weighted by Gasteiger charge is -2.39. The second-order valence-electron chi connectivity index (χ2n) is 9.31. The summed E-state index contributed by atoms with van der Waals surface area (Å²) in [7, 11) is -2.86. The van der Waals surface area contributed by atoms with Crippen LogP contribution in [0.25, 0.3) is 10.9 Å². The van der Waals surface area contributed by atoms with Gasteiger partial charge in [0.15, 0.2) is 9.84 Å². The molecule has 1 aromatic heterocycles.